The SMILES string of the molecule is CS(=O)(=O)CCNCc1cccc2c1NCC2. The van der Waals surface area contributed by atoms with Crippen LogP contribution in [-0.2, 0) is 22.8 Å². The van der Waals surface area contributed by atoms with Crippen LogP contribution in [-0.4, -0.2) is 33.5 Å². The summed E-state index contributed by atoms with van der Waals surface area (Å²) in [5.74, 6) is 0.190. The third kappa shape index (κ3) is 3.44. The number of benzene rings is 1. The van der Waals surface area contributed by atoms with Crippen molar-refractivity contribution in [1.82, 2.24) is 5.32 Å². The summed E-state index contributed by atoms with van der Waals surface area (Å²) >= 11 is 0. The number of nitrogens with one attached hydrogen (secondary N) is 2. The highest BCUT2D eigenvalue weighted by molar-refractivity contribution is 7.90. The number of sulfone groups is 1. The molecule has 2 rings (SSSR count). The summed E-state index contributed by atoms with van der Waals surface area (Å²) in [7, 11) is -2.87. The zero-order valence-corrected chi connectivity index (χ0v) is 10.8. The van der Waals surface area contributed by atoms with Crippen LogP contribution in [0.25, 0.3) is 0 Å². The van der Waals surface area contributed by atoms with Crippen molar-refractivity contribution >= 4 is 15.5 Å². The lowest BCUT2D eigenvalue weighted by Gasteiger charge is -2.09. The monoisotopic (exact) mass is 254 g/mol. The molecule has 4 nitrogen and oxygen atoms in total. The van der Waals surface area contributed by atoms with E-state index in [1.165, 1.54) is 23.1 Å². The van der Waals surface area contributed by atoms with Crippen molar-refractivity contribution in [3.63, 3.8) is 0 Å². The summed E-state index contributed by atoms with van der Waals surface area (Å²) in [5.41, 5.74) is 3.79. The molecule has 0 bridgehead atoms. The molecule has 0 amide bonds. The lowest BCUT2D eigenvalue weighted by Crippen LogP contribution is -2.22. The Balaban J connectivity index is 1.90. The highest BCUT2D eigenvalue weighted by atomic mass is 32.2. The van der Waals surface area contributed by atoms with Gasteiger partial charge in [-0.25, -0.2) is 8.42 Å². The van der Waals surface area contributed by atoms with Gasteiger partial charge in [0.2, 0.25) is 0 Å². The van der Waals surface area contributed by atoms with Crippen LogP contribution >= 0.6 is 0 Å². The molecule has 0 aromatic heterocycles. The van der Waals surface area contributed by atoms with Crippen molar-refractivity contribution in [2.75, 3.05) is 30.4 Å². The van der Waals surface area contributed by atoms with Crippen LogP contribution < -0.4 is 10.6 Å². The second kappa shape index (κ2) is 5.06. The zero-order chi connectivity index (χ0) is 12.3. The minimum absolute atomic E-state index is 0.190. The van der Waals surface area contributed by atoms with E-state index in [9.17, 15) is 8.42 Å². The molecule has 1 aromatic rings. The van der Waals surface area contributed by atoms with Gasteiger partial charge in [-0.15, -0.1) is 0 Å². The minimum atomic E-state index is -2.87. The van der Waals surface area contributed by atoms with Gasteiger partial charge in [0.25, 0.3) is 0 Å². The Morgan fingerprint density at radius 1 is 1.41 bits per heavy atom. The standard InChI is InChI=1S/C12H18N2O2S/c1-17(15,16)8-7-13-9-11-4-2-3-10-5-6-14-12(10)11/h2-4,13-14H,5-9H2,1H3. The van der Waals surface area contributed by atoms with E-state index in [0.717, 1.165) is 13.0 Å². The molecule has 1 aliphatic heterocycles. The average molecular weight is 254 g/mol. The van der Waals surface area contributed by atoms with E-state index in [0.29, 0.717) is 13.1 Å². The van der Waals surface area contributed by atoms with E-state index in [-0.39, 0.29) is 5.75 Å². The van der Waals surface area contributed by atoms with Gasteiger partial charge in [0.05, 0.1) is 5.75 Å². The molecule has 0 saturated heterocycles. The van der Waals surface area contributed by atoms with Gasteiger partial charge < -0.3 is 10.6 Å². The van der Waals surface area contributed by atoms with E-state index < -0.39 is 9.84 Å². The Bertz CT molecular complexity index is 497. The number of hydrogen-bond acceptors (Lipinski definition) is 4. The highest BCUT2D eigenvalue weighted by Crippen LogP contribution is 2.25. The van der Waals surface area contributed by atoms with Crippen LogP contribution in [0, 0.1) is 0 Å². The van der Waals surface area contributed by atoms with Crippen LogP contribution in [0.4, 0.5) is 5.69 Å². The van der Waals surface area contributed by atoms with Gasteiger partial charge in [-0.1, -0.05) is 18.2 Å². The van der Waals surface area contributed by atoms with Crippen LogP contribution in [0.5, 0.6) is 0 Å². The normalized spacial score (nSPS) is 14.4. The first kappa shape index (κ1) is 12.4. The number of para-hydroxylation sites is 1. The molecule has 1 aromatic carbocycles. The smallest absolute Gasteiger partial charge is 0.148 e. The van der Waals surface area contributed by atoms with Crippen molar-refractivity contribution in [2.24, 2.45) is 0 Å². The fourth-order valence-corrected chi connectivity index (χ4v) is 2.55. The molecule has 94 valence electrons. The molecule has 0 fully saturated rings. The Morgan fingerprint density at radius 3 is 3.00 bits per heavy atom. The second-order valence-corrected chi connectivity index (χ2v) is 6.69. The quantitative estimate of drug-likeness (QED) is 0.763. The van der Waals surface area contributed by atoms with E-state index in [4.69, 9.17) is 0 Å². The molecular weight excluding hydrogens is 236 g/mol. The fourth-order valence-electron chi connectivity index (χ4n) is 2.04. The van der Waals surface area contributed by atoms with E-state index in [1.807, 2.05) is 0 Å². The molecule has 0 saturated carbocycles. The minimum Gasteiger partial charge on any atom is -0.384 e. The maximum absolute atomic E-state index is 11.0. The maximum Gasteiger partial charge on any atom is 0.148 e. The number of anilines is 1. The third-order valence-corrected chi connectivity index (χ3v) is 3.84. The fraction of sp³-hybridized carbons (Fsp3) is 0.500. The first-order chi connectivity index (χ1) is 8.06. The van der Waals surface area contributed by atoms with E-state index in [1.54, 1.807) is 0 Å². The Kier molecular flexibility index (Phi) is 3.69. The van der Waals surface area contributed by atoms with Gasteiger partial charge in [-0.2, -0.15) is 0 Å². The molecule has 2 N–H and O–H groups in total. The van der Waals surface area contributed by atoms with Crippen molar-refractivity contribution in [3.8, 4) is 0 Å². The van der Waals surface area contributed by atoms with Gasteiger partial charge >= 0.3 is 0 Å². The maximum atomic E-state index is 11.0. The Labute approximate surface area is 102 Å². The topological polar surface area (TPSA) is 58.2 Å². The molecule has 1 heterocycles. The molecule has 0 radical (unpaired) electrons. The third-order valence-electron chi connectivity index (χ3n) is 2.90. The average Bonchev–Trinajstić information content (AvgIpc) is 2.71. The molecule has 17 heavy (non-hydrogen) atoms. The predicted octanol–water partition coefficient (Wildman–Crippen LogP) is 0.789. The largest absolute Gasteiger partial charge is 0.384 e. The van der Waals surface area contributed by atoms with E-state index in [2.05, 4.69) is 28.8 Å². The van der Waals surface area contributed by atoms with Crippen molar-refractivity contribution in [3.05, 3.63) is 29.3 Å². The summed E-state index contributed by atoms with van der Waals surface area (Å²) in [6.07, 6.45) is 2.34. The lowest BCUT2D eigenvalue weighted by atomic mass is 10.1. The van der Waals surface area contributed by atoms with Gasteiger partial charge in [0.15, 0.2) is 0 Å². The van der Waals surface area contributed by atoms with Gasteiger partial charge in [0.1, 0.15) is 9.84 Å². The second-order valence-electron chi connectivity index (χ2n) is 4.43. The van der Waals surface area contributed by atoms with Crippen LogP contribution in [0.1, 0.15) is 11.1 Å². The van der Waals surface area contributed by atoms with Crippen molar-refractivity contribution < 1.29 is 8.42 Å². The van der Waals surface area contributed by atoms with Gasteiger partial charge in [0, 0.05) is 31.6 Å². The molecule has 0 spiro atoms. The van der Waals surface area contributed by atoms with Gasteiger partial charge in [-0.3, -0.25) is 0 Å². The first-order valence-electron chi connectivity index (χ1n) is 5.79. The summed E-state index contributed by atoms with van der Waals surface area (Å²) in [6, 6.07) is 6.26. The molecule has 5 heteroatoms. The zero-order valence-electron chi connectivity index (χ0n) is 9.99. The predicted molar refractivity (Wildman–Crippen MR) is 70.1 cm³/mol. The first-order valence-corrected chi connectivity index (χ1v) is 7.85. The van der Waals surface area contributed by atoms with E-state index >= 15 is 0 Å². The lowest BCUT2D eigenvalue weighted by molar-refractivity contribution is 0.596. The summed E-state index contributed by atoms with van der Waals surface area (Å²) in [4.78, 5) is 0. The van der Waals surface area contributed by atoms with Gasteiger partial charge in [-0.05, 0) is 17.5 Å². The molecule has 0 unspecified atom stereocenters. The summed E-state index contributed by atoms with van der Waals surface area (Å²) in [5, 5.41) is 6.54. The van der Waals surface area contributed by atoms with Crippen LogP contribution in [0.2, 0.25) is 0 Å². The van der Waals surface area contributed by atoms with Crippen LogP contribution in [0.15, 0.2) is 18.2 Å². The molecule has 0 atom stereocenters. The Hall–Kier alpha value is -1.07. The highest BCUT2D eigenvalue weighted by Gasteiger charge is 2.12. The number of hydrogen-bond donors (Lipinski definition) is 2. The van der Waals surface area contributed by atoms with Crippen molar-refractivity contribution in [1.29, 1.82) is 0 Å². The molecular formula is C12H18N2O2S. The summed E-state index contributed by atoms with van der Waals surface area (Å²) < 4.78 is 22.0. The number of rotatable bonds is 5. The summed E-state index contributed by atoms with van der Waals surface area (Å²) in [6.45, 7) is 2.21. The van der Waals surface area contributed by atoms with Crippen LogP contribution in [0.3, 0.4) is 0 Å². The number of fused-ring (bicyclic) bond motifs is 1. The Morgan fingerprint density at radius 2 is 2.24 bits per heavy atom. The molecule has 0 aliphatic carbocycles. The van der Waals surface area contributed by atoms with Crippen molar-refractivity contribution in [2.45, 2.75) is 13.0 Å². The molecule has 1 aliphatic rings.